The Balaban J connectivity index is 1.67. The van der Waals surface area contributed by atoms with Crippen LogP contribution in [0.4, 0.5) is 0 Å². The largest absolute Gasteiger partial charge is 0.381 e. The van der Waals surface area contributed by atoms with Crippen LogP contribution in [0, 0.1) is 5.92 Å². The van der Waals surface area contributed by atoms with E-state index in [-0.39, 0.29) is 0 Å². The first-order valence-electron chi connectivity index (χ1n) is 7.17. The van der Waals surface area contributed by atoms with Crippen LogP contribution in [0.15, 0.2) is 30.3 Å². The molecule has 0 radical (unpaired) electrons. The van der Waals surface area contributed by atoms with Crippen LogP contribution in [-0.2, 0) is 11.2 Å². The van der Waals surface area contributed by atoms with Gasteiger partial charge in [-0.15, -0.1) is 0 Å². The summed E-state index contributed by atoms with van der Waals surface area (Å²) in [7, 11) is 2.09. The maximum Gasteiger partial charge on any atom is 0.0495 e. The summed E-state index contributed by atoms with van der Waals surface area (Å²) in [5.41, 5.74) is 1.46. The molecule has 2 unspecified atom stereocenters. The van der Waals surface area contributed by atoms with Crippen molar-refractivity contribution in [2.24, 2.45) is 5.92 Å². The van der Waals surface area contributed by atoms with Crippen LogP contribution in [-0.4, -0.2) is 26.3 Å². The van der Waals surface area contributed by atoms with Crippen molar-refractivity contribution in [1.29, 1.82) is 0 Å². The monoisotopic (exact) mass is 247 g/mol. The van der Waals surface area contributed by atoms with Crippen molar-refractivity contribution in [3.63, 3.8) is 0 Å². The lowest BCUT2D eigenvalue weighted by Crippen LogP contribution is -2.28. The standard InChI is InChI=1S/C16H25NO/c1-17-16(12-15-10-11-18-13-15)9-5-8-14-6-3-2-4-7-14/h2-4,6-7,15-17H,5,8-13H2,1H3. The Morgan fingerprint density at radius 2 is 2.17 bits per heavy atom. The van der Waals surface area contributed by atoms with E-state index in [0.717, 1.165) is 19.1 Å². The summed E-state index contributed by atoms with van der Waals surface area (Å²) in [6, 6.07) is 11.4. The molecule has 2 heteroatoms. The fourth-order valence-corrected chi connectivity index (χ4v) is 2.75. The highest BCUT2D eigenvalue weighted by Crippen LogP contribution is 2.20. The van der Waals surface area contributed by atoms with Crippen molar-refractivity contribution in [3.8, 4) is 0 Å². The zero-order valence-electron chi connectivity index (χ0n) is 11.4. The Morgan fingerprint density at radius 3 is 2.83 bits per heavy atom. The number of nitrogens with one attached hydrogen (secondary N) is 1. The summed E-state index contributed by atoms with van der Waals surface area (Å²) >= 11 is 0. The van der Waals surface area contributed by atoms with Crippen molar-refractivity contribution in [2.75, 3.05) is 20.3 Å². The van der Waals surface area contributed by atoms with E-state index >= 15 is 0 Å². The van der Waals surface area contributed by atoms with Gasteiger partial charge in [0.15, 0.2) is 0 Å². The zero-order valence-corrected chi connectivity index (χ0v) is 11.4. The highest BCUT2D eigenvalue weighted by molar-refractivity contribution is 5.14. The van der Waals surface area contributed by atoms with Gasteiger partial charge in [-0.2, -0.15) is 0 Å². The number of rotatable bonds is 7. The minimum absolute atomic E-state index is 0.653. The molecule has 1 aliphatic rings. The molecule has 1 heterocycles. The number of aryl methyl sites for hydroxylation is 1. The molecule has 0 amide bonds. The molecule has 18 heavy (non-hydrogen) atoms. The van der Waals surface area contributed by atoms with E-state index in [4.69, 9.17) is 4.74 Å². The molecule has 0 bridgehead atoms. The van der Waals surface area contributed by atoms with E-state index in [1.165, 1.54) is 37.7 Å². The molecule has 2 rings (SSSR count). The fraction of sp³-hybridized carbons (Fsp3) is 0.625. The molecule has 1 fully saturated rings. The molecule has 0 spiro atoms. The summed E-state index contributed by atoms with van der Waals surface area (Å²) in [4.78, 5) is 0. The van der Waals surface area contributed by atoms with Crippen molar-refractivity contribution in [3.05, 3.63) is 35.9 Å². The van der Waals surface area contributed by atoms with Crippen molar-refractivity contribution in [1.82, 2.24) is 5.32 Å². The highest BCUT2D eigenvalue weighted by atomic mass is 16.5. The third kappa shape index (κ3) is 4.43. The smallest absolute Gasteiger partial charge is 0.0495 e. The molecule has 2 nitrogen and oxygen atoms in total. The van der Waals surface area contributed by atoms with Gasteiger partial charge in [-0.25, -0.2) is 0 Å². The molecular formula is C16H25NO. The first-order valence-corrected chi connectivity index (χ1v) is 7.17. The van der Waals surface area contributed by atoms with E-state index in [2.05, 4.69) is 42.7 Å². The lowest BCUT2D eigenvalue weighted by Gasteiger charge is -2.19. The number of hydrogen-bond donors (Lipinski definition) is 1. The van der Waals surface area contributed by atoms with Crippen molar-refractivity contribution in [2.45, 2.75) is 38.1 Å². The average Bonchev–Trinajstić information content (AvgIpc) is 2.92. The lowest BCUT2D eigenvalue weighted by atomic mass is 9.95. The second-order valence-corrected chi connectivity index (χ2v) is 5.33. The van der Waals surface area contributed by atoms with Crippen molar-refractivity contribution < 1.29 is 4.74 Å². The number of benzene rings is 1. The van der Waals surface area contributed by atoms with Gasteiger partial charge in [-0.05, 0) is 50.6 Å². The van der Waals surface area contributed by atoms with E-state index < -0.39 is 0 Å². The average molecular weight is 247 g/mol. The van der Waals surface area contributed by atoms with Crippen LogP contribution in [0.2, 0.25) is 0 Å². The van der Waals surface area contributed by atoms with Crippen LogP contribution in [0.1, 0.15) is 31.2 Å². The molecule has 1 aliphatic heterocycles. The Morgan fingerprint density at radius 1 is 1.33 bits per heavy atom. The van der Waals surface area contributed by atoms with E-state index in [1.807, 2.05) is 0 Å². The summed E-state index contributed by atoms with van der Waals surface area (Å²) in [6.07, 6.45) is 6.24. The molecule has 1 aromatic rings. The summed E-state index contributed by atoms with van der Waals surface area (Å²) in [5.74, 6) is 0.777. The van der Waals surface area contributed by atoms with Crippen molar-refractivity contribution >= 4 is 0 Å². The molecule has 0 saturated carbocycles. The van der Waals surface area contributed by atoms with Gasteiger partial charge in [-0.3, -0.25) is 0 Å². The topological polar surface area (TPSA) is 21.3 Å². The van der Waals surface area contributed by atoms with E-state index in [0.29, 0.717) is 6.04 Å². The zero-order chi connectivity index (χ0) is 12.6. The van der Waals surface area contributed by atoms with Gasteiger partial charge in [0.2, 0.25) is 0 Å². The fourth-order valence-electron chi connectivity index (χ4n) is 2.75. The minimum Gasteiger partial charge on any atom is -0.381 e. The maximum absolute atomic E-state index is 5.45. The maximum atomic E-state index is 5.45. The van der Waals surface area contributed by atoms with Gasteiger partial charge >= 0.3 is 0 Å². The third-order valence-corrected chi connectivity index (χ3v) is 3.91. The van der Waals surface area contributed by atoms with Crippen LogP contribution < -0.4 is 5.32 Å². The number of hydrogen-bond acceptors (Lipinski definition) is 2. The van der Waals surface area contributed by atoms with Gasteiger partial charge in [-0.1, -0.05) is 30.3 Å². The summed E-state index contributed by atoms with van der Waals surface area (Å²) in [6.45, 7) is 1.93. The Bertz CT molecular complexity index is 319. The molecule has 1 saturated heterocycles. The number of ether oxygens (including phenoxy) is 1. The van der Waals surface area contributed by atoms with Gasteiger partial charge in [0.05, 0.1) is 0 Å². The first-order chi connectivity index (χ1) is 8.88. The Labute approximate surface area is 111 Å². The normalized spacial score (nSPS) is 21.1. The predicted molar refractivity (Wildman–Crippen MR) is 75.8 cm³/mol. The Hall–Kier alpha value is -0.860. The quantitative estimate of drug-likeness (QED) is 0.799. The van der Waals surface area contributed by atoms with E-state index in [1.54, 1.807) is 0 Å². The van der Waals surface area contributed by atoms with E-state index in [9.17, 15) is 0 Å². The molecular weight excluding hydrogens is 222 g/mol. The molecule has 100 valence electrons. The minimum atomic E-state index is 0.653. The first kappa shape index (κ1) is 13.6. The predicted octanol–water partition coefficient (Wildman–Crippen LogP) is 3.02. The van der Waals surface area contributed by atoms with Crippen LogP contribution >= 0.6 is 0 Å². The molecule has 2 atom stereocenters. The van der Waals surface area contributed by atoms with Crippen LogP contribution in [0.5, 0.6) is 0 Å². The lowest BCUT2D eigenvalue weighted by molar-refractivity contribution is 0.181. The molecule has 1 aromatic carbocycles. The second kappa shape index (κ2) is 7.55. The van der Waals surface area contributed by atoms with Gasteiger partial charge in [0.1, 0.15) is 0 Å². The third-order valence-electron chi connectivity index (χ3n) is 3.91. The second-order valence-electron chi connectivity index (χ2n) is 5.33. The SMILES string of the molecule is CNC(CCCc1ccccc1)CC1CCOC1. The highest BCUT2D eigenvalue weighted by Gasteiger charge is 2.19. The van der Waals surface area contributed by atoms with Crippen LogP contribution in [0.25, 0.3) is 0 Å². The summed E-state index contributed by atoms with van der Waals surface area (Å²) in [5, 5.41) is 3.46. The molecule has 1 N–H and O–H groups in total. The molecule has 0 aliphatic carbocycles. The van der Waals surface area contributed by atoms with Gasteiger partial charge < -0.3 is 10.1 Å². The van der Waals surface area contributed by atoms with Gasteiger partial charge in [0.25, 0.3) is 0 Å². The van der Waals surface area contributed by atoms with Crippen LogP contribution in [0.3, 0.4) is 0 Å². The summed E-state index contributed by atoms with van der Waals surface area (Å²) < 4.78 is 5.45. The Kier molecular flexibility index (Phi) is 5.69. The van der Waals surface area contributed by atoms with Gasteiger partial charge in [0, 0.05) is 19.3 Å². The molecule has 0 aromatic heterocycles.